The van der Waals surface area contributed by atoms with Crippen LogP contribution < -0.4 is 5.56 Å². The Labute approximate surface area is 78.4 Å². The van der Waals surface area contributed by atoms with Crippen molar-refractivity contribution in [3.63, 3.8) is 0 Å². The first-order valence-corrected chi connectivity index (χ1v) is 5.20. The second-order valence-electron chi connectivity index (χ2n) is 3.38. The molecule has 0 spiro atoms. The Morgan fingerprint density at radius 1 is 1.54 bits per heavy atom. The van der Waals surface area contributed by atoms with Gasteiger partial charge in [-0.3, -0.25) is 4.79 Å². The molecule has 1 aliphatic carbocycles. The molecule has 3 rings (SSSR count). The summed E-state index contributed by atoms with van der Waals surface area (Å²) < 4.78 is 0.817. The van der Waals surface area contributed by atoms with E-state index in [1.165, 1.54) is 24.2 Å². The van der Waals surface area contributed by atoms with E-state index in [9.17, 15) is 4.79 Å². The second kappa shape index (κ2) is 2.42. The summed E-state index contributed by atoms with van der Waals surface area (Å²) in [5.41, 5.74) is 1.02. The molecular formula is C9H8N2OS. The second-order valence-corrected chi connectivity index (χ2v) is 4.29. The maximum absolute atomic E-state index is 11.3. The third-order valence-electron chi connectivity index (χ3n) is 2.39. The fourth-order valence-electron chi connectivity index (χ4n) is 1.58. The van der Waals surface area contributed by atoms with Crippen molar-refractivity contribution in [2.45, 2.75) is 18.8 Å². The van der Waals surface area contributed by atoms with Crippen molar-refractivity contribution in [3.8, 4) is 0 Å². The number of rotatable bonds is 1. The molecule has 0 aliphatic heterocycles. The predicted molar refractivity (Wildman–Crippen MR) is 52.2 cm³/mol. The monoisotopic (exact) mass is 192 g/mol. The quantitative estimate of drug-likeness (QED) is 0.749. The van der Waals surface area contributed by atoms with E-state index < -0.39 is 0 Å². The Kier molecular flexibility index (Phi) is 1.35. The van der Waals surface area contributed by atoms with Crippen LogP contribution in [0.25, 0.3) is 10.1 Å². The smallest absolute Gasteiger partial charge is 0.266 e. The van der Waals surface area contributed by atoms with Gasteiger partial charge in [0, 0.05) is 11.3 Å². The number of thiophene rings is 1. The Hall–Kier alpha value is -1.16. The molecule has 0 bridgehead atoms. The number of nitrogens with zero attached hydrogens (tertiary/aromatic N) is 1. The van der Waals surface area contributed by atoms with Crippen LogP contribution in [0.1, 0.15) is 24.5 Å². The lowest BCUT2D eigenvalue weighted by Crippen LogP contribution is -2.08. The van der Waals surface area contributed by atoms with Crippen LogP contribution in [0.2, 0.25) is 0 Å². The van der Waals surface area contributed by atoms with E-state index in [4.69, 9.17) is 0 Å². The maximum atomic E-state index is 11.3. The van der Waals surface area contributed by atoms with Crippen LogP contribution in [0, 0.1) is 0 Å². The molecule has 2 aromatic rings. The standard InChI is InChI=1S/C9H8N2OS/c12-9-8-6(3-4-13-8)7(10-11-9)5-1-2-5/h3-5H,1-2H2,(H,11,12). The molecule has 2 aromatic heterocycles. The fraction of sp³-hybridized carbons (Fsp3) is 0.333. The minimum Gasteiger partial charge on any atom is -0.266 e. The van der Waals surface area contributed by atoms with Crippen LogP contribution in [-0.4, -0.2) is 10.2 Å². The summed E-state index contributed by atoms with van der Waals surface area (Å²) in [5, 5.41) is 9.67. The molecule has 1 N–H and O–H groups in total. The number of aromatic nitrogens is 2. The summed E-state index contributed by atoms with van der Waals surface area (Å²) in [7, 11) is 0. The first kappa shape index (κ1) is 7.26. The normalized spacial score (nSPS) is 16.6. The van der Waals surface area contributed by atoms with Crippen LogP contribution in [0.4, 0.5) is 0 Å². The van der Waals surface area contributed by atoms with Gasteiger partial charge in [-0.15, -0.1) is 11.3 Å². The van der Waals surface area contributed by atoms with Gasteiger partial charge in [-0.2, -0.15) is 5.10 Å². The van der Waals surface area contributed by atoms with Gasteiger partial charge in [-0.05, 0) is 24.3 Å². The molecular weight excluding hydrogens is 184 g/mol. The van der Waals surface area contributed by atoms with Crippen molar-refractivity contribution in [3.05, 3.63) is 27.5 Å². The molecule has 0 unspecified atom stereocenters. The van der Waals surface area contributed by atoms with Gasteiger partial charge in [0.15, 0.2) is 0 Å². The molecule has 0 aromatic carbocycles. The summed E-state index contributed by atoms with van der Waals surface area (Å²) in [6.45, 7) is 0. The molecule has 0 radical (unpaired) electrons. The van der Waals surface area contributed by atoms with Crippen LogP contribution >= 0.6 is 11.3 Å². The summed E-state index contributed by atoms with van der Waals surface area (Å²) in [5.74, 6) is 0.592. The summed E-state index contributed by atoms with van der Waals surface area (Å²) in [6, 6.07) is 2.00. The SMILES string of the molecule is O=c1[nH]nc(C2CC2)c2ccsc12. The van der Waals surface area contributed by atoms with E-state index in [1.807, 2.05) is 11.4 Å². The lowest BCUT2D eigenvalue weighted by molar-refractivity contribution is 0.913. The fourth-order valence-corrected chi connectivity index (χ4v) is 2.37. The highest BCUT2D eigenvalue weighted by Gasteiger charge is 2.27. The topological polar surface area (TPSA) is 45.8 Å². The number of H-pyrrole nitrogens is 1. The van der Waals surface area contributed by atoms with E-state index in [0.717, 1.165) is 15.8 Å². The zero-order valence-electron chi connectivity index (χ0n) is 6.91. The van der Waals surface area contributed by atoms with Crippen LogP contribution in [0.15, 0.2) is 16.2 Å². The largest absolute Gasteiger partial charge is 0.282 e. The van der Waals surface area contributed by atoms with E-state index in [1.54, 1.807) is 0 Å². The average molecular weight is 192 g/mol. The first-order chi connectivity index (χ1) is 6.36. The zero-order valence-corrected chi connectivity index (χ0v) is 7.73. The Bertz CT molecular complexity index is 510. The third-order valence-corrected chi connectivity index (χ3v) is 3.30. The van der Waals surface area contributed by atoms with Crippen molar-refractivity contribution < 1.29 is 0 Å². The lowest BCUT2D eigenvalue weighted by Gasteiger charge is -1.96. The van der Waals surface area contributed by atoms with Gasteiger partial charge in [-0.1, -0.05) is 0 Å². The molecule has 1 aliphatic rings. The molecule has 3 nitrogen and oxygen atoms in total. The van der Waals surface area contributed by atoms with Gasteiger partial charge in [0.2, 0.25) is 0 Å². The van der Waals surface area contributed by atoms with Crippen LogP contribution in [-0.2, 0) is 0 Å². The van der Waals surface area contributed by atoms with Gasteiger partial charge in [0.25, 0.3) is 5.56 Å². The minimum absolute atomic E-state index is 0.0607. The minimum atomic E-state index is -0.0607. The average Bonchev–Trinajstić information content (AvgIpc) is 2.83. The molecule has 4 heteroatoms. The molecule has 13 heavy (non-hydrogen) atoms. The van der Waals surface area contributed by atoms with Crippen LogP contribution in [0.3, 0.4) is 0 Å². The molecule has 0 amide bonds. The highest BCUT2D eigenvalue weighted by Crippen LogP contribution is 2.41. The summed E-state index contributed by atoms with van der Waals surface area (Å²) in [6.07, 6.45) is 2.42. The number of aromatic amines is 1. The highest BCUT2D eigenvalue weighted by molar-refractivity contribution is 7.17. The number of nitrogens with one attached hydrogen (secondary N) is 1. The molecule has 0 atom stereocenters. The number of hydrogen-bond donors (Lipinski definition) is 1. The van der Waals surface area contributed by atoms with Crippen molar-refractivity contribution in [2.24, 2.45) is 0 Å². The number of fused-ring (bicyclic) bond motifs is 1. The van der Waals surface area contributed by atoms with Crippen molar-refractivity contribution >= 4 is 21.4 Å². The third kappa shape index (κ3) is 1.02. The summed E-state index contributed by atoms with van der Waals surface area (Å²) >= 11 is 1.49. The van der Waals surface area contributed by atoms with E-state index in [0.29, 0.717) is 5.92 Å². The van der Waals surface area contributed by atoms with Crippen molar-refractivity contribution in [2.75, 3.05) is 0 Å². The molecule has 1 saturated carbocycles. The molecule has 66 valence electrons. The van der Waals surface area contributed by atoms with Gasteiger partial charge in [0.05, 0.1) is 5.69 Å². The van der Waals surface area contributed by atoms with Gasteiger partial charge in [0.1, 0.15) is 4.70 Å². The zero-order chi connectivity index (χ0) is 8.84. The Morgan fingerprint density at radius 3 is 3.15 bits per heavy atom. The van der Waals surface area contributed by atoms with E-state index in [2.05, 4.69) is 10.2 Å². The lowest BCUT2D eigenvalue weighted by atomic mass is 10.2. The number of hydrogen-bond acceptors (Lipinski definition) is 3. The molecule has 0 saturated heterocycles. The van der Waals surface area contributed by atoms with E-state index >= 15 is 0 Å². The first-order valence-electron chi connectivity index (χ1n) is 4.32. The molecule has 2 heterocycles. The Balaban J connectivity index is 2.40. The Morgan fingerprint density at radius 2 is 2.38 bits per heavy atom. The van der Waals surface area contributed by atoms with E-state index in [-0.39, 0.29) is 5.56 Å². The van der Waals surface area contributed by atoms with Crippen LogP contribution in [0.5, 0.6) is 0 Å². The van der Waals surface area contributed by atoms with Crippen molar-refractivity contribution in [1.82, 2.24) is 10.2 Å². The maximum Gasteiger partial charge on any atom is 0.282 e. The predicted octanol–water partition coefficient (Wildman–Crippen LogP) is 1.86. The highest BCUT2D eigenvalue weighted by atomic mass is 32.1. The van der Waals surface area contributed by atoms with Gasteiger partial charge >= 0.3 is 0 Å². The molecule has 1 fully saturated rings. The van der Waals surface area contributed by atoms with Crippen molar-refractivity contribution in [1.29, 1.82) is 0 Å². The summed E-state index contributed by atoms with van der Waals surface area (Å²) in [4.78, 5) is 11.3. The van der Waals surface area contributed by atoms with Gasteiger partial charge in [-0.25, -0.2) is 5.10 Å². The van der Waals surface area contributed by atoms with Gasteiger partial charge < -0.3 is 0 Å².